The molecule has 0 saturated carbocycles. The molecule has 0 aliphatic rings. The third kappa shape index (κ3) is 4.69. The molecule has 0 aliphatic heterocycles. The molecular formula is C10H11BrN2O2. The largest absolute Gasteiger partial charge is 0.478 e. The van der Waals surface area contributed by atoms with E-state index in [-0.39, 0.29) is 0 Å². The van der Waals surface area contributed by atoms with Crippen molar-refractivity contribution in [2.24, 2.45) is 0 Å². The van der Waals surface area contributed by atoms with Crippen LogP contribution in [0.25, 0.3) is 0 Å². The molecule has 0 amide bonds. The van der Waals surface area contributed by atoms with E-state index in [2.05, 4.69) is 32.5 Å². The number of nitrogens with zero attached hydrogens (tertiary/aromatic N) is 2. The van der Waals surface area contributed by atoms with Crippen LogP contribution in [0.1, 0.15) is 12.8 Å². The summed E-state index contributed by atoms with van der Waals surface area (Å²) in [6.45, 7) is 4.09. The van der Waals surface area contributed by atoms with E-state index in [1.54, 1.807) is 6.07 Å². The van der Waals surface area contributed by atoms with Gasteiger partial charge in [0.1, 0.15) is 17.2 Å². The minimum atomic E-state index is 0.510. The van der Waals surface area contributed by atoms with E-state index in [1.165, 1.54) is 6.33 Å². The van der Waals surface area contributed by atoms with Crippen molar-refractivity contribution in [3.05, 3.63) is 29.1 Å². The van der Waals surface area contributed by atoms with E-state index >= 15 is 0 Å². The van der Waals surface area contributed by atoms with Crippen LogP contribution < -0.4 is 4.74 Å². The second-order valence-electron chi connectivity index (χ2n) is 2.91. The van der Waals surface area contributed by atoms with E-state index in [0.29, 0.717) is 29.1 Å². The van der Waals surface area contributed by atoms with Crippen molar-refractivity contribution in [2.75, 3.05) is 6.61 Å². The van der Waals surface area contributed by atoms with Gasteiger partial charge < -0.3 is 4.74 Å². The van der Waals surface area contributed by atoms with Crippen LogP contribution in [0, 0.1) is 0 Å². The molecule has 1 aromatic heterocycles. The van der Waals surface area contributed by atoms with Gasteiger partial charge in [0.05, 0.1) is 6.61 Å². The van der Waals surface area contributed by atoms with Gasteiger partial charge in [0.25, 0.3) is 0 Å². The monoisotopic (exact) mass is 270 g/mol. The van der Waals surface area contributed by atoms with Crippen LogP contribution in [0.4, 0.5) is 0 Å². The van der Waals surface area contributed by atoms with Gasteiger partial charge in [-0.2, -0.15) is 0 Å². The van der Waals surface area contributed by atoms with Gasteiger partial charge in [-0.25, -0.2) is 9.97 Å². The number of rotatable bonds is 6. The Hall–Kier alpha value is -1.23. The predicted molar refractivity (Wildman–Crippen MR) is 59.7 cm³/mol. The first-order chi connectivity index (χ1) is 7.22. The fourth-order valence-electron chi connectivity index (χ4n) is 0.931. The number of hydrogen-bond donors (Lipinski definition) is 0. The highest BCUT2D eigenvalue weighted by Gasteiger charge is 1.97. The molecule has 5 heteroatoms. The highest BCUT2D eigenvalue weighted by Crippen LogP contribution is 2.12. The molecular weight excluding hydrogens is 260 g/mol. The van der Waals surface area contributed by atoms with Crippen molar-refractivity contribution in [1.29, 1.82) is 0 Å². The Bertz CT molecular complexity index is 355. The first-order valence-corrected chi connectivity index (χ1v) is 5.25. The molecule has 1 heterocycles. The molecule has 0 aromatic carbocycles. The fourth-order valence-corrected chi connectivity index (χ4v) is 1.22. The molecule has 0 unspecified atom stereocenters. The van der Waals surface area contributed by atoms with Crippen LogP contribution >= 0.6 is 15.9 Å². The van der Waals surface area contributed by atoms with Crippen LogP contribution in [0.2, 0.25) is 0 Å². The lowest BCUT2D eigenvalue weighted by molar-refractivity contribution is -0.105. The Morgan fingerprint density at radius 2 is 2.40 bits per heavy atom. The minimum absolute atomic E-state index is 0.510. The summed E-state index contributed by atoms with van der Waals surface area (Å²) in [5.41, 5.74) is 0.586. The number of aldehydes is 1. The molecule has 0 N–H and O–H groups in total. The summed E-state index contributed by atoms with van der Waals surface area (Å²) in [4.78, 5) is 18.0. The minimum Gasteiger partial charge on any atom is -0.478 e. The molecule has 0 aliphatic carbocycles. The number of allylic oxidation sites excluding steroid dienone is 1. The average molecular weight is 271 g/mol. The first-order valence-electron chi connectivity index (χ1n) is 4.45. The van der Waals surface area contributed by atoms with Crippen molar-refractivity contribution in [2.45, 2.75) is 12.8 Å². The van der Waals surface area contributed by atoms with Crippen LogP contribution in [0.5, 0.6) is 5.88 Å². The van der Waals surface area contributed by atoms with E-state index in [1.807, 2.05) is 0 Å². The Labute approximate surface area is 96.5 Å². The summed E-state index contributed by atoms with van der Waals surface area (Å²) in [6.07, 6.45) is 3.58. The van der Waals surface area contributed by atoms with Crippen molar-refractivity contribution in [1.82, 2.24) is 9.97 Å². The fraction of sp³-hybridized carbons (Fsp3) is 0.300. The van der Waals surface area contributed by atoms with Crippen molar-refractivity contribution < 1.29 is 9.53 Å². The Kier molecular flexibility index (Phi) is 4.97. The zero-order valence-electron chi connectivity index (χ0n) is 8.15. The van der Waals surface area contributed by atoms with E-state index in [4.69, 9.17) is 4.74 Å². The molecule has 1 aromatic rings. The van der Waals surface area contributed by atoms with Gasteiger partial charge in [-0.15, -0.1) is 0 Å². The Morgan fingerprint density at radius 3 is 3.07 bits per heavy atom. The van der Waals surface area contributed by atoms with Gasteiger partial charge in [0.2, 0.25) is 5.88 Å². The van der Waals surface area contributed by atoms with Crippen molar-refractivity contribution in [3.8, 4) is 5.88 Å². The summed E-state index contributed by atoms with van der Waals surface area (Å²) in [7, 11) is 0. The quantitative estimate of drug-likeness (QED) is 0.344. The van der Waals surface area contributed by atoms with Crippen LogP contribution in [0.15, 0.2) is 29.1 Å². The summed E-state index contributed by atoms with van der Waals surface area (Å²) >= 11 is 3.21. The number of carbonyl (C=O) groups excluding carboxylic acids is 1. The van der Waals surface area contributed by atoms with Crippen molar-refractivity contribution >= 4 is 22.2 Å². The zero-order valence-corrected chi connectivity index (χ0v) is 9.74. The zero-order chi connectivity index (χ0) is 11.1. The lowest BCUT2D eigenvalue weighted by Crippen LogP contribution is -2.00. The number of halogens is 1. The number of hydrogen-bond acceptors (Lipinski definition) is 4. The number of aromatic nitrogens is 2. The molecule has 1 rings (SSSR count). The maximum Gasteiger partial charge on any atom is 0.217 e. The summed E-state index contributed by atoms with van der Waals surface area (Å²) in [6, 6.07) is 1.69. The molecule has 0 spiro atoms. The van der Waals surface area contributed by atoms with Gasteiger partial charge in [-0.05, 0) is 34.3 Å². The molecule has 15 heavy (non-hydrogen) atoms. The highest BCUT2D eigenvalue weighted by molar-refractivity contribution is 9.10. The molecule has 0 radical (unpaired) electrons. The second-order valence-corrected chi connectivity index (χ2v) is 3.72. The lowest BCUT2D eigenvalue weighted by Gasteiger charge is -2.04. The maximum atomic E-state index is 10.2. The normalized spacial score (nSPS) is 9.67. The molecule has 0 saturated heterocycles. The smallest absolute Gasteiger partial charge is 0.217 e. The second kappa shape index (κ2) is 6.29. The van der Waals surface area contributed by atoms with Gasteiger partial charge in [-0.3, -0.25) is 4.79 Å². The highest BCUT2D eigenvalue weighted by atomic mass is 79.9. The van der Waals surface area contributed by atoms with Gasteiger partial charge in [0.15, 0.2) is 0 Å². The number of ether oxygens (including phenoxy) is 1. The third-order valence-corrected chi connectivity index (χ3v) is 2.10. The summed E-state index contributed by atoms with van der Waals surface area (Å²) in [5, 5.41) is 0. The molecule has 80 valence electrons. The van der Waals surface area contributed by atoms with Gasteiger partial charge in [-0.1, -0.05) is 6.58 Å². The molecule has 0 bridgehead atoms. The summed E-state index contributed by atoms with van der Waals surface area (Å²) < 4.78 is 6.03. The third-order valence-electron chi connectivity index (χ3n) is 1.67. The Balaban J connectivity index is 2.26. The van der Waals surface area contributed by atoms with E-state index in [9.17, 15) is 4.79 Å². The first kappa shape index (κ1) is 11.8. The number of carbonyl (C=O) groups is 1. The standard InChI is InChI=1S/C10H11BrN2O2/c1-8(6-14)3-2-4-15-10-5-9(11)12-7-13-10/h5-7H,1-4H2. The maximum absolute atomic E-state index is 10.2. The molecule has 0 atom stereocenters. The van der Waals surface area contributed by atoms with Gasteiger partial charge >= 0.3 is 0 Å². The van der Waals surface area contributed by atoms with Crippen molar-refractivity contribution in [3.63, 3.8) is 0 Å². The topological polar surface area (TPSA) is 52.1 Å². The Morgan fingerprint density at radius 1 is 1.60 bits per heavy atom. The van der Waals surface area contributed by atoms with E-state index < -0.39 is 0 Å². The van der Waals surface area contributed by atoms with Crippen LogP contribution in [-0.4, -0.2) is 22.9 Å². The van der Waals surface area contributed by atoms with Crippen LogP contribution in [0.3, 0.4) is 0 Å². The summed E-state index contributed by atoms with van der Waals surface area (Å²) in [5.74, 6) is 0.522. The predicted octanol–water partition coefficient (Wildman–Crippen LogP) is 2.15. The van der Waals surface area contributed by atoms with E-state index in [0.717, 1.165) is 12.7 Å². The molecule has 0 fully saturated rings. The average Bonchev–Trinajstić information content (AvgIpc) is 2.24. The van der Waals surface area contributed by atoms with Gasteiger partial charge in [0, 0.05) is 6.07 Å². The molecule has 4 nitrogen and oxygen atoms in total. The van der Waals surface area contributed by atoms with Crippen LogP contribution in [-0.2, 0) is 4.79 Å². The SMILES string of the molecule is C=C(C=O)CCCOc1cc(Br)ncn1. The lowest BCUT2D eigenvalue weighted by atomic mass is 10.2.